The summed E-state index contributed by atoms with van der Waals surface area (Å²) in [5, 5.41) is 0. The molecule has 0 aromatic carbocycles. The predicted octanol–water partition coefficient (Wildman–Crippen LogP) is 2.59. The molecular formula is C14H18ClNO4S. The number of thiophene rings is 1. The molecular weight excluding hydrogens is 314 g/mol. The molecule has 0 saturated carbocycles. The summed E-state index contributed by atoms with van der Waals surface area (Å²) in [6.45, 7) is 3.63. The van der Waals surface area contributed by atoms with Crippen LogP contribution in [0.2, 0.25) is 4.34 Å². The van der Waals surface area contributed by atoms with E-state index in [9.17, 15) is 9.59 Å². The molecule has 0 aliphatic carbocycles. The largest absolute Gasteiger partial charge is 0.462 e. The third kappa shape index (κ3) is 4.18. The van der Waals surface area contributed by atoms with Gasteiger partial charge in [0.05, 0.1) is 15.8 Å². The van der Waals surface area contributed by atoms with Crippen molar-refractivity contribution in [2.24, 2.45) is 0 Å². The number of carbonyl (C=O) groups excluding carboxylic acids is 2. The molecule has 21 heavy (non-hydrogen) atoms. The highest BCUT2D eigenvalue weighted by molar-refractivity contribution is 7.17. The standard InChI is InChI=1S/C14H18ClNO4S/c1-2-19-8-9-20-14(18)10-4-3-7-16(10)13(17)11-5-6-12(15)21-11/h5-6,10H,2-4,7-9H2,1H3/t10-/m1/s1. The van der Waals surface area contributed by atoms with E-state index in [1.807, 2.05) is 6.92 Å². The lowest BCUT2D eigenvalue weighted by Crippen LogP contribution is -2.41. The van der Waals surface area contributed by atoms with Crippen LogP contribution in [0.4, 0.5) is 0 Å². The second kappa shape index (κ2) is 7.77. The molecule has 0 radical (unpaired) electrons. The number of amides is 1. The van der Waals surface area contributed by atoms with Gasteiger partial charge in [0, 0.05) is 13.2 Å². The van der Waals surface area contributed by atoms with Crippen LogP contribution < -0.4 is 0 Å². The van der Waals surface area contributed by atoms with Crippen LogP contribution in [0.25, 0.3) is 0 Å². The van der Waals surface area contributed by atoms with Gasteiger partial charge in [0.15, 0.2) is 0 Å². The first-order valence-corrected chi connectivity index (χ1v) is 8.13. The number of carbonyl (C=O) groups is 2. The van der Waals surface area contributed by atoms with Gasteiger partial charge in [-0.05, 0) is 31.9 Å². The van der Waals surface area contributed by atoms with Crippen molar-refractivity contribution in [2.45, 2.75) is 25.8 Å². The summed E-state index contributed by atoms with van der Waals surface area (Å²) in [5.74, 6) is -0.514. The number of hydrogen-bond acceptors (Lipinski definition) is 5. The Morgan fingerprint density at radius 3 is 2.90 bits per heavy atom. The lowest BCUT2D eigenvalue weighted by molar-refractivity contribution is -0.149. The Hall–Kier alpha value is -1.11. The predicted molar refractivity (Wildman–Crippen MR) is 80.8 cm³/mol. The molecule has 0 N–H and O–H groups in total. The minimum atomic E-state index is -0.500. The average molecular weight is 332 g/mol. The third-order valence-corrected chi connectivity index (χ3v) is 4.46. The average Bonchev–Trinajstić information content (AvgIpc) is 3.11. The Kier molecular flexibility index (Phi) is 6.02. The number of nitrogens with zero attached hydrogens (tertiary/aromatic N) is 1. The van der Waals surface area contributed by atoms with Crippen LogP contribution in [0.5, 0.6) is 0 Å². The molecule has 0 bridgehead atoms. The fraction of sp³-hybridized carbons (Fsp3) is 0.571. The number of likely N-dealkylation sites (tertiary alicyclic amines) is 1. The number of hydrogen-bond donors (Lipinski definition) is 0. The molecule has 1 fully saturated rings. The van der Waals surface area contributed by atoms with E-state index in [4.69, 9.17) is 21.1 Å². The van der Waals surface area contributed by atoms with Gasteiger partial charge in [-0.2, -0.15) is 0 Å². The molecule has 5 nitrogen and oxygen atoms in total. The lowest BCUT2D eigenvalue weighted by atomic mass is 10.2. The molecule has 1 aromatic rings. The van der Waals surface area contributed by atoms with Crippen molar-refractivity contribution in [2.75, 3.05) is 26.4 Å². The molecule has 1 atom stereocenters. The second-order valence-electron chi connectivity index (χ2n) is 4.62. The van der Waals surface area contributed by atoms with Crippen molar-refractivity contribution < 1.29 is 19.1 Å². The van der Waals surface area contributed by atoms with E-state index < -0.39 is 6.04 Å². The van der Waals surface area contributed by atoms with Gasteiger partial charge in [0.25, 0.3) is 5.91 Å². The van der Waals surface area contributed by atoms with Gasteiger partial charge in [-0.3, -0.25) is 4.79 Å². The van der Waals surface area contributed by atoms with Crippen LogP contribution in [0, 0.1) is 0 Å². The Bertz CT molecular complexity index is 505. The summed E-state index contributed by atoms with van der Waals surface area (Å²) < 4.78 is 10.9. The van der Waals surface area contributed by atoms with Crippen molar-refractivity contribution in [3.8, 4) is 0 Å². The Balaban J connectivity index is 1.93. The molecule has 0 spiro atoms. The Morgan fingerprint density at radius 2 is 2.24 bits per heavy atom. The van der Waals surface area contributed by atoms with E-state index >= 15 is 0 Å². The normalized spacial score (nSPS) is 18.0. The first-order valence-electron chi connectivity index (χ1n) is 6.94. The highest BCUT2D eigenvalue weighted by atomic mass is 35.5. The summed E-state index contributed by atoms with van der Waals surface area (Å²) in [6.07, 6.45) is 1.44. The van der Waals surface area contributed by atoms with Crippen LogP contribution in [-0.2, 0) is 14.3 Å². The third-order valence-electron chi connectivity index (χ3n) is 3.25. The molecule has 1 aliphatic rings. The summed E-state index contributed by atoms with van der Waals surface area (Å²) in [5.41, 5.74) is 0. The summed E-state index contributed by atoms with van der Waals surface area (Å²) in [4.78, 5) is 26.6. The first kappa shape index (κ1) is 16.3. The zero-order valence-corrected chi connectivity index (χ0v) is 13.4. The number of ether oxygens (including phenoxy) is 2. The molecule has 1 aromatic heterocycles. The van der Waals surface area contributed by atoms with Crippen LogP contribution in [0.1, 0.15) is 29.4 Å². The Morgan fingerprint density at radius 1 is 1.43 bits per heavy atom. The van der Waals surface area contributed by atoms with Crippen molar-refractivity contribution in [1.29, 1.82) is 0 Å². The van der Waals surface area contributed by atoms with E-state index in [0.29, 0.717) is 35.4 Å². The zero-order valence-electron chi connectivity index (χ0n) is 11.8. The first-order chi connectivity index (χ1) is 10.1. The summed E-state index contributed by atoms with van der Waals surface area (Å²) in [7, 11) is 0. The van der Waals surface area contributed by atoms with Crippen molar-refractivity contribution in [3.05, 3.63) is 21.3 Å². The molecule has 2 rings (SSSR count). The van der Waals surface area contributed by atoms with Crippen LogP contribution >= 0.6 is 22.9 Å². The van der Waals surface area contributed by atoms with Crippen molar-refractivity contribution in [3.63, 3.8) is 0 Å². The van der Waals surface area contributed by atoms with Gasteiger partial charge < -0.3 is 14.4 Å². The van der Waals surface area contributed by atoms with Gasteiger partial charge in [-0.25, -0.2) is 4.79 Å². The monoisotopic (exact) mass is 331 g/mol. The number of halogens is 1. The second-order valence-corrected chi connectivity index (χ2v) is 6.34. The maximum Gasteiger partial charge on any atom is 0.328 e. The summed E-state index contributed by atoms with van der Waals surface area (Å²) >= 11 is 7.07. The van der Waals surface area contributed by atoms with Crippen LogP contribution in [0.15, 0.2) is 12.1 Å². The van der Waals surface area contributed by atoms with E-state index in [-0.39, 0.29) is 18.5 Å². The van der Waals surface area contributed by atoms with Gasteiger partial charge in [0.2, 0.25) is 0 Å². The van der Waals surface area contributed by atoms with E-state index in [1.165, 1.54) is 11.3 Å². The molecule has 1 amide bonds. The maximum absolute atomic E-state index is 12.4. The molecule has 116 valence electrons. The molecule has 1 saturated heterocycles. The summed E-state index contributed by atoms with van der Waals surface area (Å²) in [6, 6.07) is 2.87. The zero-order chi connectivity index (χ0) is 15.2. The smallest absolute Gasteiger partial charge is 0.328 e. The quantitative estimate of drug-likeness (QED) is 0.594. The number of esters is 1. The van der Waals surface area contributed by atoms with E-state index in [0.717, 1.165) is 6.42 Å². The molecule has 0 unspecified atom stereocenters. The van der Waals surface area contributed by atoms with Gasteiger partial charge >= 0.3 is 5.97 Å². The van der Waals surface area contributed by atoms with Crippen LogP contribution in [0.3, 0.4) is 0 Å². The van der Waals surface area contributed by atoms with Gasteiger partial charge in [-0.15, -0.1) is 11.3 Å². The fourth-order valence-corrected chi connectivity index (χ4v) is 3.27. The molecule has 1 aliphatic heterocycles. The minimum absolute atomic E-state index is 0.156. The van der Waals surface area contributed by atoms with E-state index in [1.54, 1.807) is 17.0 Å². The van der Waals surface area contributed by atoms with Gasteiger partial charge in [0.1, 0.15) is 12.6 Å². The SMILES string of the molecule is CCOCCOC(=O)[C@H]1CCCN1C(=O)c1ccc(Cl)s1. The lowest BCUT2D eigenvalue weighted by Gasteiger charge is -2.22. The number of rotatable bonds is 6. The van der Waals surface area contributed by atoms with Gasteiger partial charge in [-0.1, -0.05) is 11.6 Å². The molecule has 2 heterocycles. The maximum atomic E-state index is 12.4. The van der Waals surface area contributed by atoms with Crippen LogP contribution in [-0.4, -0.2) is 49.2 Å². The minimum Gasteiger partial charge on any atom is -0.462 e. The Labute approximate surface area is 132 Å². The highest BCUT2D eigenvalue weighted by Gasteiger charge is 2.36. The van der Waals surface area contributed by atoms with E-state index in [2.05, 4.69) is 0 Å². The highest BCUT2D eigenvalue weighted by Crippen LogP contribution is 2.26. The van der Waals surface area contributed by atoms with Crippen molar-refractivity contribution in [1.82, 2.24) is 4.90 Å². The van der Waals surface area contributed by atoms with Crippen molar-refractivity contribution >= 4 is 34.8 Å². The topological polar surface area (TPSA) is 55.8 Å². The fourth-order valence-electron chi connectivity index (χ4n) is 2.27. The molecule has 7 heteroatoms.